The van der Waals surface area contributed by atoms with Crippen molar-refractivity contribution in [2.24, 2.45) is 0 Å². The number of carbonyl (C=O) groups is 2. The van der Waals surface area contributed by atoms with Gasteiger partial charge in [0.2, 0.25) is 5.91 Å². The second kappa shape index (κ2) is 7.38. The van der Waals surface area contributed by atoms with Gasteiger partial charge >= 0.3 is 12.4 Å². The van der Waals surface area contributed by atoms with Crippen LogP contribution >= 0.6 is 0 Å². The maximum Gasteiger partial charge on any atom is 0.454 e. The molecule has 142 valence electrons. The van der Waals surface area contributed by atoms with E-state index in [0.29, 0.717) is 18.9 Å². The van der Waals surface area contributed by atoms with Crippen molar-refractivity contribution in [1.82, 2.24) is 4.90 Å². The second-order valence-corrected chi connectivity index (χ2v) is 5.64. The van der Waals surface area contributed by atoms with Crippen molar-refractivity contribution in [3.63, 3.8) is 0 Å². The van der Waals surface area contributed by atoms with E-state index in [1.54, 1.807) is 0 Å². The number of hydrogen-bond donors (Lipinski definition) is 1. The van der Waals surface area contributed by atoms with Crippen LogP contribution in [0.1, 0.15) is 18.4 Å². The third-order valence-corrected chi connectivity index (χ3v) is 3.77. The van der Waals surface area contributed by atoms with Gasteiger partial charge in [-0.05, 0) is 37.1 Å². The van der Waals surface area contributed by atoms with Crippen LogP contribution in [0.25, 0.3) is 0 Å². The molecule has 0 aliphatic carbocycles. The minimum absolute atomic E-state index is 0.130. The van der Waals surface area contributed by atoms with Crippen LogP contribution in [0.15, 0.2) is 36.5 Å². The molecule has 26 heavy (non-hydrogen) atoms. The summed E-state index contributed by atoms with van der Waals surface area (Å²) in [6.07, 6.45) is -7.36. The number of hydrogen-bond acceptors (Lipinski definition) is 3. The molecule has 1 aromatic rings. The Hall–Kier alpha value is -2.52. The lowest BCUT2D eigenvalue weighted by Gasteiger charge is -2.22. The van der Waals surface area contributed by atoms with E-state index in [1.165, 1.54) is 4.90 Å². The van der Waals surface area contributed by atoms with Gasteiger partial charge in [-0.25, -0.2) is 0 Å². The Morgan fingerprint density at radius 2 is 1.69 bits per heavy atom. The zero-order valence-electron chi connectivity index (χ0n) is 13.2. The lowest BCUT2D eigenvalue weighted by atomic mass is 10.1. The molecule has 1 aromatic carbocycles. The van der Waals surface area contributed by atoms with E-state index >= 15 is 0 Å². The fourth-order valence-corrected chi connectivity index (χ4v) is 2.48. The summed E-state index contributed by atoms with van der Waals surface area (Å²) in [7, 11) is 0. The van der Waals surface area contributed by atoms with Crippen molar-refractivity contribution in [2.75, 3.05) is 11.9 Å². The zero-order valence-corrected chi connectivity index (χ0v) is 13.2. The molecular formula is C16H14F6N2O2. The highest BCUT2D eigenvalue weighted by molar-refractivity contribution is 5.96. The summed E-state index contributed by atoms with van der Waals surface area (Å²) in [5.41, 5.74) is -0.739. The first-order chi connectivity index (χ1) is 12.0. The molecule has 0 radical (unpaired) electrons. The first-order valence-electron chi connectivity index (χ1n) is 7.52. The zero-order chi connectivity index (χ0) is 19.5. The number of likely N-dealkylation sites (tertiary alicyclic amines) is 1. The van der Waals surface area contributed by atoms with Gasteiger partial charge in [0.25, 0.3) is 5.78 Å². The van der Waals surface area contributed by atoms with Crippen LogP contribution in [-0.2, 0) is 15.8 Å². The number of halogens is 6. The van der Waals surface area contributed by atoms with E-state index in [4.69, 9.17) is 0 Å². The number of rotatable bonds is 4. The molecule has 0 bridgehead atoms. The van der Waals surface area contributed by atoms with Crippen molar-refractivity contribution >= 4 is 17.4 Å². The van der Waals surface area contributed by atoms with Gasteiger partial charge in [0, 0.05) is 24.5 Å². The predicted molar refractivity (Wildman–Crippen MR) is 80.0 cm³/mol. The Bertz CT molecular complexity index is 694. The second-order valence-electron chi connectivity index (χ2n) is 5.64. The molecule has 10 heteroatoms. The van der Waals surface area contributed by atoms with Gasteiger partial charge in [-0.1, -0.05) is 0 Å². The molecule has 1 aliphatic rings. The molecule has 1 heterocycles. The normalized spacial score (nSPS) is 18.4. The summed E-state index contributed by atoms with van der Waals surface area (Å²) >= 11 is 0. The van der Waals surface area contributed by atoms with Gasteiger partial charge in [0.15, 0.2) is 0 Å². The van der Waals surface area contributed by atoms with Crippen LogP contribution in [0.2, 0.25) is 0 Å². The van der Waals surface area contributed by atoms with Crippen LogP contribution in [0.3, 0.4) is 0 Å². The standard InChI is InChI=1S/C16H14F6N2O2/c17-15(18,19)10-3-5-11(6-4-10)23-14(26)12-2-1-8-24(12)9-7-13(25)16(20,21)22/h3-7,9,12H,1-2,8H2,(H,23,26)/b9-7+/t12-/m0/s1. The van der Waals surface area contributed by atoms with Crippen LogP contribution in [-0.4, -0.2) is 35.4 Å². The average molecular weight is 380 g/mol. The van der Waals surface area contributed by atoms with Gasteiger partial charge in [0.05, 0.1) is 5.56 Å². The fourth-order valence-electron chi connectivity index (χ4n) is 2.48. The van der Waals surface area contributed by atoms with Gasteiger partial charge in [-0.15, -0.1) is 0 Å². The summed E-state index contributed by atoms with van der Waals surface area (Å²) in [5, 5.41) is 2.42. The third kappa shape index (κ3) is 4.99. The molecule has 1 atom stereocenters. The Morgan fingerprint density at radius 3 is 2.23 bits per heavy atom. The quantitative estimate of drug-likeness (QED) is 0.639. The Kier molecular flexibility index (Phi) is 5.62. The first kappa shape index (κ1) is 19.8. The summed E-state index contributed by atoms with van der Waals surface area (Å²) in [4.78, 5) is 24.4. The minimum Gasteiger partial charge on any atom is -0.365 e. The molecule has 1 saturated heterocycles. The van der Waals surface area contributed by atoms with E-state index in [-0.39, 0.29) is 12.2 Å². The number of benzene rings is 1. The average Bonchev–Trinajstić information content (AvgIpc) is 2.99. The number of anilines is 1. The summed E-state index contributed by atoms with van der Waals surface area (Å²) in [6.45, 7) is 0.284. The minimum atomic E-state index is -4.99. The molecule has 0 unspecified atom stereocenters. The molecule has 4 nitrogen and oxygen atoms in total. The van der Waals surface area contributed by atoms with Crippen molar-refractivity contribution in [1.29, 1.82) is 0 Å². The number of amides is 1. The fraction of sp³-hybridized carbons (Fsp3) is 0.375. The largest absolute Gasteiger partial charge is 0.454 e. The molecule has 1 aliphatic heterocycles. The van der Waals surface area contributed by atoms with Crippen molar-refractivity contribution < 1.29 is 35.9 Å². The van der Waals surface area contributed by atoms with Gasteiger partial charge in [0.1, 0.15) is 6.04 Å². The molecule has 2 rings (SSSR count). The molecule has 0 saturated carbocycles. The topological polar surface area (TPSA) is 49.4 Å². The van der Waals surface area contributed by atoms with Gasteiger partial charge in [-0.2, -0.15) is 26.3 Å². The van der Waals surface area contributed by atoms with Crippen molar-refractivity contribution in [3.05, 3.63) is 42.1 Å². The van der Waals surface area contributed by atoms with Crippen molar-refractivity contribution in [2.45, 2.75) is 31.2 Å². The Labute approximate surface area is 144 Å². The van der Waals surface area contributed by atoms with Crippen LogP contribution in [0.4, 0.5) is 32.0 Å². The van der Waals surface area contributed by atoms with E-state index < -0.39 is 35.6 Å². The van der Waals surface area contributed by atoms with Crippen LogP contribution < -0.4 is 5.32 Å². The monoisotopic (exact) mass is 380 g/mol. The molecule has 1 amide bonds. The van der Waals surface area contributed by atoms with Gasteiger partial charge < -0.3 is 10.2 Å². The molecule has 1 N–H and O–H groups in total. The van der Waals surface area contributed by atoms with Crippen LogP contribution in [0.5, 0.6) is 0 Å². The smallest absolute Gasteiger partial charge is 0.365 e. The summed E-state index contributed by atoms with van der Waals surface area (Å²) < 4.78 is 74.1. The number of carbonyl (C=O) groups excluding carboxylic acids is 2. The lowest BCUT2D eigenvalue weighted by molar-refractivity contribution is -0.165. The molecule has 0 spiro atoms. The maximum atomic E-state index is 12.5. The molecular weight excluding hydrogens is 366 g/mol. The van der Waals surface area contributed by atoms with Crippen molar-refractivity contribution in [3.8, 4) is 0 Å². The number of allylic oxidation sites excluding steroid dienone is 1. The highest BCUT2D eigenvalue weighted by Crippen LogP contribution is 2.30. The number of nitrogens with one attached hydrogen (secondary N) is 1. The number of nitrogens with zero attached hydrogens (tertiary/aromatic N) is 1. The van der Waals surface area contributed by atoms with E-state index in [0.717, 1.165) is 30.5 Å². The summed E-state index contributed by atoms with van der Waals surface area (Å²) in [6, 6.07) is 2.98. The number of ketones is 1. The Morgan fingerprint density at radius 1 is 1.08 bits per heavy atom. The number of alkyl halides is 6. The lowest BCUT2D eigenvalue weighted by Crippen LogP contribution is -2.36. The van der Waals surface area contributed by atoms with E-state index in [1.807, 2.05) is 0 Å². The predicted octanol–water partition coefficient (Wildman–Crippen LogP) is 3.75. The Balaban J connectivity index is 2.02. The maximum absolute atomic E-state index is 12.5. The van der Waals surface area contributed by atoms with Crippen LogP contribution in [0, 0.1) is 0 Å². The van der Waals surface area contributed by atoms with E-state index in [9.17, 15) is 35.9 Å². The summed E-state index contributed by atoms with van der Waals surface area (Å²) in [5.74, 6) is -2.61. The van der Waals surface area contributed by atoms with Gasteiger partial charge in [-0.3, -0.25) is 9.59 Å². The molecule has 1 fully saturated rings. The molecule has 0 aromatic heterocycles. The highest BCUT2D eigenvalue weighted by Gasteiger charge is 2.37. The third-order valence-electron chi connectivity index (χ3n) is 3.77. The SMILES string of the molecule is O=C(Nc1ccc(C(F)(F)F)cc1)[C@@H]1CCCN1/C=C/C(=O)C(F)(F)F. The first-order valence-corrected chi connectivity index (χ1v) is 7.52. The highest BCUT2D eigenvalue weighted by atomic mass is 19.4. The van der Waals surface area contributed by atoms with E-state index in [2.05, 4.69) is 5.32 Å².